The van der Waals surface area contributed by atoms with E-state index in [9.17, 15) is 0 Å². The Kier molecular flexibility index (Phi) is 3.59. The van der Waals surface area contributed by atoms with E-state index >= 15 is 0 Å². The number of hydrogen-bond donors (Lipinski definition) is 1. The van der Waals surface area contributed by atoms with Gasteiger partial charge in [-0.05, 0) is 43.7 Å². The summed E-state index contributed by atoms with van der Waals surface area (Å²) in [6.07, 6.45) is 2.02. The smallest absolute Gasteiger partial charge is 0.0766 e. The van der Waals surface area contributed by atoms with Crippen molar-refractivity contribution in [1.82, 2.24) is 15.1 Å². The summed E-state index contributed by atoms with van der Waals surface area (Å²) in [5.41, 5.74) is 4.74. The number of rotatable bonds is 4. The molecule has 0 amide bonds. The van der Waals surface area contributed by atoms with E-state index < -0.39 is 0 Å². The summed E-state index contributed by atoms with van der Waals surface area (Å²) < 4.78 is 1.95. The zero-order valence-corrected chi connectivity index (χ0v) is 10.7. The van der Waals surface area contributed by atoms with Gasteiger partial charge in [0, 0.05) is 12.7 Å². The fourth-order valence-corrected chi connectivity index (χ4v) is 1.81. The van der Waals surface area contributed by atoms with Crippen LogP contribution in [0.4, 0.5) is 0 Å². The van der Waals surface area contributed by atoms with Gasteiger partial charge >= 0.3 is 0 Å². The largest absolute Gasteiger partial charge is 0.311 e. The third-order valence-electron chi connectivity index (χ3n) is 2.81. The van der Waals surface area contributed by atoms with Gasteiger partial charge in [-0.3, -0.25) is 0 Å². The van der Waals surface area contributed by atoms with Gasteiger partial charge in [0.05, 0.1) is 11.4 Å². The Morgan fingerprint density at radius 1 is 1.24 bits per heavy atom. The van der Waals surface area contributed by atoms with Crippen molar-refractivity contribution in [3.63, 3.8) is 0 Å². The highest BCUT2D eigenvalue weighted by Gasteiger charge is 2.04. The molecule has 0 aliphatic heterocycles. The Morgan fingerprint density at radius 3 is 2.82 bits per heavy atom. The normalized spacial score (nSPS) is 10.8. The number of aromatic nitrogens is 2. The van der Waals surface area contributed by atoms with Crippen LogP contribution in [0.2, 0.25) is 0 Å². The van der Waals surface area contributed by atoms with Crippen molar-refractivity contribution in [1.29, 1.82) is 0 Å². The molecule has 1 N–H and O–H groups in total. The van der Waals surface area contributed by atoms with Crippen LogP contribution in [0.3, 0.4) is 0 Å². The topological polar surface area (TPSA) is 29.9 Å². The first-order valence-corrected chi connectivity index (χ1v) is 6.03. The van der Waals surface area contributed by atoms with E-state index in [0.717, 1.165) is 24.5 Å². The average Bonchev–Trinajstić information content (AvgIpc) is 2.78. The molecular formula is C14H19N3. The number of aryl methyl sites for hydroxylation is 2. The second-order valence-corrected chi connectivity index (χ2v) is 4.32. The lowest BCUT2D eigenvalue weighted by molar-refractivity contribution is 0.696. The van der Waals surface area contributed by atoms with Gasteiger partial charge in [-0.25, -0.2) is 4.68 Å². The molecule has 0 radical (unpaired) electrons. The molecule has 0 saturated carbocycles. The molecule has 0 spiro atoms. The van der Waals surface area contributed by atoms with Crippen molar-refractivity contribution >= 4 is 0 Å². The highest BCUT2D eigenvalue weighted by Crippen LogP contribution is 2.15. The van der Waals surface area contributed by atoms with E-state index in [2.05, 4.69) is 55.5 Å². The molecule has 0 unspecified atom stereocenters. The van der Waals surface area contributed by atoms with Gasteiger partial charge in [-0.1, -0.05) is 19.1 Å². The molecule has 1 aromatic carbocycles. The van der Waals surface area contributed by atoms with Crippen molar-refractivity contribution < 1.29 is 0 Å². The van der Waals surface area contributed by atoms with E-state index in [1.54, 1.807) is 0 Å². The predicted octanol–water partition coefficient (Wildman–Crippen LogP) is 2.60. The van der Waals surface area contributed by atoms with E-state index in [0.29, 0.717) is 0 Å². The minimum absolute atomic E-state index is 0.828. The van der Waals surface area contributed by atoms with E-state index in [1.165, 1.54) is 11.1 Å². The molecular weight excluding hydrogens is 210 g/mol. The van der Waals surface area contributed by atoms with Gasteiger partial charge in [0.15, 0.2) is 0 Å². The van der Waals surface area contributed by atoms with Gasteiger partial charge in [-0.15, -0.1) is 0 Å². The molecule has 17 heavy (non-hydrogen) atoms. The van der Waals surface area contributed by atoms with E-state index in [4.69, 9.17) is 0 Å². The quantitative estimate of drug-likeness (QED) is 0.873. The lowest BCUT2D eigenvalue weighted by Gasteiger charge is -2.06. The van der Waals surface area contributed by atoms with Crippen LogP contribution in [0.25, 0.3) is 5.69 Å². The van der Waals surface area contributed by atoms with Crippen LogP contribution in [-0.2, 0) is 6.54 Å². The zero-order chi connectivity index (χ0) is 12.3. The van der Waals surface area contributed by atoms with Gasteiger partial charge in [0.2, 0.25) is 0 Å². The highest BCUT2D eigenvalue weighted by atomic mass is 15.3. The Labute approximate surface area is 102 Å². The predicted molar refractivity (Wildman–Crippen MR) is 70.4 cm³/mol. The molecule has 90 valence electrons. The fourth-order valence-electron chi connectivity index (χ4n) is 1.81. The summed E-state index contributed by atoms with van der Waals surface area (Å²) in [5.74, 6) is 0. The van der Waals surface area contributed by atoms with Crippen molar-refractivity contribution in [2.75, 3.05) is 6.54 Å². The van der Waals surface area contributed by atoms with Crippen LogP contribution >= 0.6 is 0 Å². The molecule has 0 saturated heterocycles. The first-order valence-electron chi connectivity index (χ1n) is 6.03. The van der Waals surface area contributed by atoms with Gasteiger partial charge in [-0.2, -0.15) is 5.10 Å². The maximum absolute atomic E-state index is 4.57. The summed E-state index contributed by atoms with van der Waals surface area (Å²) in [6.45, 7) is 8.11. The molecule has 2 aromatic rings. The molecule has 0 aliphatic rings. The second-order valence-electron chi connectivity index (χ2n) is 4.32. The second kappa shape index (κ2) is 5.15. The molecule has 0 bridgehead atoms. The number of nitrogens with one attached hydrogen (secondary N) is 1. The fraction of sp³-hybridized carbons (Fsp3) is 0.357. The van der Waals surface area contributed by atoms with Crippen molar-refractivity contribution in [2.24, 2.45) is 0 Å². The Morgan fingerprint density at radius 2 is 2.06 bits per heavy atom. The van der Waals surface area contributed by atoms with Crippen molar-refractivity contribution in [3.8, 4) is 5.69 Å². The lowest BCUT2D eigenvalue weighted by atomic mass is 10.1. The Hall–Kier alpha value is -1.61. The van der Waals surface area contributed by atoms with Crippen LogP contribution in [-0.4, -0.2) is 16.3 Å². The summed E-state index contributed by atoms with van der Waals surface area (Å²) in [7, 11) is 0. The monoisotopic (exact) mass is 229 g/mol. The van der Waals surface area contributed by atoms with Crippen molar-refractivity contribution in [3.05, 3.63) is 47.3 Å². The molecule has 1 aromatic heterocycles. The van der Waals surface area contributed by atoms with Gasteiger partial charge < -0.3 is 5.32 Å². The maximum atomic E-state index is 4.57. The maximum Gasteiger partial charge on any atom is 0.0766 e. The Bertz CT molecular complexity index is 500. The number of benzene rings is 1. The first kappa shape index (κ1) is 11.9. The van der Waals surface area contributed by atoms with Crippen LogP contribution < -0.4 is 5.32 Å². The molecule has 0 atom stereocenters. The van der Waals surface area contributed by atoms with Crippen LogP contribution in [0.5, 0.6) is 0 Å². The summed E-state index contributed by atoms with van der Waals surface area (Å²) >= 11 is 0. The van der Waals surface area contributed by atoms with E-state index in [-0.39, 0.29) is 0 Å². The first-order chi connectivity index (χ1) is 8.20. The van der Waals surface area contributed by atoms with Gasteiger partial charge in [0.1, 0.15) is 0 Å². The average molecular weight is 229 g/mol. The standard InChI is InChI=1S/C14H19N3/c1-4-15-10-13-7-8-17(16-13)14-9-11(2)5-6-12(14)3/h5-9,15H,4,10H2,1-3H3. The van der Waals surface area contributed by atoms with Crippen LogP contribution in [0.15, 0.2) is 30.5 Å². The minimum atomic E-state index is 0.828. The van der Waals surface area contributed by atoms with E-state index in [1.807, 2.05) is 10.9 Å². The summed E-state index contributed by atoms with van der Waals surface area (Å²) in [4.78, 5) is 0. The lowest BCUT2D eigenvalue weighted by Crippen LogP contribution is -2.12. The molecule has 0 fully saturated rings. The third kappa shape index (κ3) is 2.74. The number of hydrogen-bond acceptors (Lipinski definition) is 2. The van der Waals surface area contributed by atoms with Crippen LogP contribution in [0, 0.1) is 13.8 Å². The van der Waals surface area contributed by atoms with Gasteiger partial charge in [0.25, 0.3) is 0 Å². The molecule has 0 aliphatic carbocycles. The van der Waals surface area contributed by atoms with Crippen molar-refractivity contribution in [2.45, 2.75) is 27.3 Å². The molecule has 2 rings (SSSR count). The summed E-state index contributed by atoms with van der Waals surface area (Å²) in [5, 5.41) is 7.85. The SMILES string of the molecule is CCNCc1ccn(-c2cc(C)ccc2C)n1. The minimum Gasteiger partial charge on any atom is -0.311 e. The molecule has 1 heterocycles. The summed E-state index contributed by atoms with van der Waals surface area (Å²) in [6, 6.07) is 8.49. The zero-order valence-electron chi connectivity index (χ0n) is 10.7. The van der Waals surface area contributed by atoms with Crippen LogP contribution in [0.1, 0.15) is 23.7 Å². The number of nitrogens with zero attached hydrogens (tertiary/aromatic N) is 2. The molecule has 3 nitrogen and oxygen atoms in total. The Balaban J connectivity index is 2.27. The highest BCUT2D eigenvalue weighted by molar-refractivity contribution is 5.42. The molecule has 3 heteroatoms. The third-order valence-corrected chi connectivity index (χ3v) is 2.81.